The number of hydrogen-bond acceptors (Lipinski definition) is 1. The average Bonchev–Trinajstić information content (AvgIpc) is 2.04. The first-order valence-electron chi connectivity index (χ1n) is 4.81. The molecule has 0 aliphatic heterocycles. The zero-order chi connectivity index (χ0) is 10.5. The van der Waals surface area contributed by atoms with Crippen LogP contribution in [0.3, 0.4) is 0 Å². The highest BCUT2D eigenvalue weighted by atomic mass is 35.5. The molecule has 0 fully saturated rings. The highest BCUT2D eigenvalue weighted by molar-refractivity contribution is 6.19. The van der Waals surface area contributed by atoms with Gasteiger partial charge in [-0.3, -0.25) is 4.79 Å². The van der Waals surface area contributed by atoms with Crippen LogP contribution in [0.4, 0.5) is 0 Å². The minimum absolute atomic E-state index is 0.0449. The molecular weight excluding hydrogens is 186 g/mol. The number of carbonyl (C=O) groups excluding carboxylic acids is 1. The van der Waals surface area contributed by atoms with Crippen molar-refractivity contribution in [1.82, 2.24) is 5.32 Å². The lowest BCUT2D eigenvalue weighted by atomic mass is 9.94. The standard InChI is InChI=1S/C10H20ClNO/c1-5-6-8(2)12-9(13)10(3,4)7-11/h8H,5-7H2,1-4H3,(H,12,13). The molecule has 1 amide bonds. The predicted molar refractivity (Wildman–Crippen MR) is 57.0 cm³/mol. The molecule has 0 radical (unpaired) electrons. The Hall–Kier alpha value is -0.240. The maximum atomic E-state index is 11.6. The van der Waals surface area contributed by atoms with Crippen LogP contribution in [0.1, 0.15) is 40.5 Å². The molecule has 0 saturated heterocycles. The van der Waals surface area contributed by atoms with Crippen molar-refractivity contribution in [2.24, 2.45) is 5.41 Å². The zero-order valence-electron chi connectivity index (χ0n) is 8.98. The van der Waals surface area contributed by atoms with E-state index in [9.17, 15) is 4.79 Å². The van der Waals surface area contributed by atoms with E-state index in [4.69, 9.17) is 11.6 Å². The number of carbonyl (C=O) groups is 1. The third kappa shape index (κ3) is 4.51. The molecule has 0 rings (SSSR count). The van der Waals surface area contributed by atoms with Crippen LogP contribution in [-0.4, -0.2) is 17.8 Å². The van der Waals surface area contributed by atoms with E-state index >= 15 is 0 Å². The quantitative estimate of drug-likeness (QED) is 0.687. The Bertz CT molecular complexity index is 168. The van der Waals surface area contributed by atoms with Gasteiger partial charge < -0.3 is 5.32 Å². The van der Waals surface area contributed by atoms with Crippen molar-refractivity contribution in [2.45, 2.75) is 46.6 Å². The highest BCUT2D eigenvalue weighted by Crippen LogP contribution is 2.17. The molecule has 1 N–H and O–H groups in total. The van der Waals surface area contributed by atoms with E-state index in [-0.39, 0.29) is 11.9 Å². The summed E-state index contributed by atoms with van der Waals surface area (Å²) in [6.07, 6.45) is 2.10. The summed E-state index contributed by atoms with van der Waals surface area (Å²) in [7, 11) is 0. The topological polar surface area (TPSA) is 29.1 Å². The monoisotopic (exact) mass is 205 g/mol. The second-order valence-corrected chi connectivity index (χ2v) is 4.45. The van der Waals surface area contributed by atoms with Gasteiger partial charge in [0.1, 0.15) is 0 Å². The van der Waals surface area contributed by atoms with Gasteiger partial charge in [0.05, 0.1) is 5.41 Å². The van der Waals surface area contributed by atoms with Gasteiger partial charge in [-0.2, -0.15) is 0 Å². The van der Waals surface area contributed by atoms with Gasteiger partial charge in [-0.15, -0.1) is 11.6 Å². The smallest absolute Gasteiger partial charge is 0.227 e. The fourth-order valence-electron chi connectivity index (χ4n) is 0.985. The number of rotatable bonds is 5. The normalized spacial score (nSPS) is 13.9. The van der Waals surface area contributed by atoms with Gasteiger partial charge in [-0.1, -0.05) is 13.3 Å². The van der Waals surface area contributed by atoms with Crippen molar-refractivity contribution in [3.8, 4) is 0 Å². The lowest BCUT2D eigenvalue weighted by molar-refractivity contribution is -0.128. The van der Waals surface area contributed by atoms with E-state index in [1.165, 1.54) is 0 Å². The summed E-state index contributed by atoms with van der Waals surface area (Å²) in [5.74, 6) is 0.404. The molecule has 0 aromatic heterocycles. The summed E-state index contributed by atoms with van der Waals surface area (Å²) < 4.78 is 0. The molecule has 1 unspecified atom stereocenters. The van der Waals surface area contributed by atoms with E-state index in [1.807, 2.05) is 20.8 Å². The Labute approximate surface area is 86.0 Å². The van der Waals surface area contributed by atoms with Gasteiger partial charge >= 0.3 is 0 Å². The molecule has 0 saturated carbocycles. The second-order valence-electron chi connectivity index (χ2n) is 4.18. The molecule has 78 valence electrons. The lowest BCUT2D eigenvalue weighted by Crippen LogP contribution is -2.42. The Morgan fingerprint density at radius 3 is 2.46 bits per heavy atom. The third-order valence-corrected chi connectivity index (χ3v) is 2.72. The minimum Gasteiger partial charge on any atom is -0.353 e. The first-order chi connectivity index (χ1) is 5.94. The summed E-state index contributed by atoms with van der Waals surface area (Å²) in [5.41, 5.74) is -0.455. The SMILES string of the molecule is CCCC(C)NC(=O)C(C)(C)CCl. The summed E-state index contributed by atoms with van der Waals surface area (Å²) in [6.45, 7) is 7.84. The zero-order valence-corrected chi connectivity index (χ0v) is 9.74. The summed E-state index contributed by atoms with van der Waals surface area (Å²) >= 11 is 5.69. The molecule has 0 aliphatic carbocycles. The highest BCUT2D eigenvalue weighted by Gasteiger charge is 2.26. The molecule has 0 aromatic rings. The minimum atomic E-state index is -0.455. The van der Waals surface area contributed by atoms with Crippen LogP contribution in [0.15, 0.2) is 0 Å². The van der Waals surface area contributed by atoms with E-state index in [2.05, 4.69) is 12.2 Å². The van der Waals surface area contributed by atoms with Crippen LogP contribution in [0.2, 0.25) is 0 Å². The molecule has 13 heavy (non-hydrogen) atoms. The van der Waals surface area contributed by atoms with Gasteiger partial charge in [0.15, 0.2) is 0 Å². The van der Waals surface area contributed by atoms with E-state index in [0.717, 1.165) is 12.8 Å². The van der Waals surface area contributed by atoms with Crippen molar-refractivity contribution in [1.29, 1.82) is 0 Å². The fourth-order valence-corrected chi connectivity index (χ4v) is 1.11. The van der Waals surface area contributed by atoms with Crippen molar-refractivity contribution < 1.29 is 4.79 Å². The Morgan fingerprint density at radius 1 is 1.54 bits per heavy atom. The number of hydrogen-bond donors (Lipinski definition) is 1. The Kier molecular flexibility index (Phi) is 5.38. The maximum absolute atomic E-state index is 11.6. The van der Waals surface area contributed by atoms with Crippen LogP contribution in [-0.2, 0) is 4.79 Å². The molecule has 0 bridgehead atoms. The van der Waals surface area contributed by atoms with Gasteiger partial charge in [-0.05, 0) is 27.2 Å². The van der Waals surface area contributed by atoms with Gasteiger partial charge in [-0.25, -0.2) is 0 Å². The number of halogens is 1. The number of amides is 1. The third-order valence-electron chi connectivity index (χ3n) is 2.05. The van der Waals surface area contributed by atoms with Crippen molar-refractivity contribution in [2.75, 3.05) is 5.88 Å². The van der Waals surface area contributed by atoms with Crippen LogP contribution < -0.4 is 5.32 Å². The summed E-state index contributed by atoms with van der Waals surface area (Å²) in [5, 5.41) is 2.95. The molecule has 0 aliphatic rings. The Balaban J connectivity index is 3.99. The maximum Gasteiger partial charge on any atom is 0.227 e. The average molecular weight is 206 g/mol. The van der Waals surface area contributed by atoms with Crippen LogP contribution in [0, 0.1) is 5.41 Å². The van der Waals surface area contributed by atoms with Crippen molar-refractivity contribution >= 4 is 17.5 Å². The largest absolute Gasteiger partial charge is 0.353 e. The van der Waals surface area contributed by atoms with Crippen molar-refractivity contribution in [3.05, 3.63) is 0 Å². The second kappa shape index (κ2) is 5.48. The molecule has 0 spiro atoms. The van der Waals surface area contributed by atoms with Crippen LogP contribution >= 0.6 is 11.6 Å². The van der Waals surface area contributed by atoms with E-state index < -0.39 is 5.41 Å². The Morgan fingerprint density at radius 2 is 2.08 bits per heavy atom. The molecule has 2 nitrogen and oxygen atoms in total. The number of nitrogens with one attached hydrogen (secondary N) is 1. The van der Waals surface area contributed by atoms with Gasteiger partial charge in [0.2, 0.25) is 5.91 Å². The first-order valence-corrected chi connectivity index (χ1v) is 5.34. The fraction of sp³-hybridized carbons (Fsp3) is 0.900. The van der Waals surface area contributed by atoms with E-state index in [1.54, 1.807) is 0 Å². The van der Waals surface area contributed by atoms with E-state index in [0.29, 0.717) is 5.88 Å². The lowest BCUT2D eigenvalue weighted by Gasteiger charge is -2.23. The summed E-state index contributed by atoms with van der Waals surface area (Å²) in [4.78, 5) is 11.6. The predicted octanol–water partition coefficient (Wildman–Crippen LogP) is 2.56. The molecular formula is C10H20ClNO. The molecule has 3 heteroatoms. The first kappa shape index (κ1) is 12.8. The van der Waals surface area contributed by atoms with Crippen molar-refractivity contribution in [3.63, 3.8) is 0 Å². The molecule has 1 atom stereocenters. The van der Waals surface area contributed by atoms with Gasteiger partial charge in [0, 0.05) is 11.9 Å². The molecule has 0 heterocycles. The summed E-state index contributed by atoms with van der Waals surface area (Å²) in [6, 6.07) is 0.250. The molecule has 0 aromatic carbocycles. The van der Waals surface area contributed by atoms with Crippen LogP contribution in [0.25, 0.3) is 0 Å². The number of alkyl halides is 1. The van der Waals surface area contributed by atoms with Crippen LogP contribution in [0.5, 0.6) is 0 Å². The van der Waals surface area contributed by atoms with Gasteiger partial charge in [0.25, 0.3) is 0 Å².